The zero-order valence-electron chi connectivity index (χ0n) is 7.28. The van der Waals surface area contributed by atoms with E-state index in [4.69, 9.17) is 5.11 Å². The topological polar surface area (TPSA) is 66.8 Å². The van der Waals surface area contributed by atoms with Crippen LogP contribution >= 0.6 is 0 Å². The van der Waals surface area contributed by atoms with Gasteiger partial charge in [0.2, 0.25) is 5.79 Å². The van der Waals surface area contributed by atoms with Crippen LogP contribution in [0.4, 0.5) is 0 Å². The molecule has 0 aliphatic carbocycles. The number of aliphatic hydroxyl groups excluding tert-OH is 1. The minimum absolute atomic E-state index is 0.129. The number of rotatable bonds is 4. The summed E-state index contributed by atoms with van der Waals surface area (Å²) in [5.74, 6) is -2.55. The fourth-order valence-electron chi connectivity index (χ4n) is 0.669. The second-order valence-electron chi connectivity index (χ2n) is 2.50. The molecule has 4 heteroatoms. The van der Waals surface area contributed by atoms with Gasteiger partial charge in [-0.05, 0) is 6.92 Å². The molecule has 2 atom stereocenters. The predicted octanol–water partition coefficient (Wildman–Crippen LogP) is 0.195. The highest BCUT2D eigenvalue weighted by molar-refractivity contribution is 5.81. The van der Waals surface area contributed by atoms with E-state index in [-0.39, 0.29) is 6.42 Å². The van der Waals surface area contributed by atoms with E-state index in [1.807, 2.05) is 0 Å². The molecule has 0 aromatic carbocycles. The second-order valence-corrected chi connectivity index (χ2v) is 2.50. The van der Waals surface area contributed by atoms with Crippen LogP contribution in [0.25, 0.3) is 0 Å². The Labute approximate surface area is 71.5 Å². The molecule has 0 aliphatic heterocycles. The highest BCUT2D eigenvalue weighted by Crippen LogP contribution is 2.17. The van der Waals surface area contributed by atoms with E-state index in [9.17, 15) is 9.90 Å². The van der Waals surface area contributed by atoms with E-state index in [2.05, 4.69) is 11.3 Å². The maximum atomic E-state index is 10.7. The smallest absolute Gasteiger partial charge is 0.332 e. The van der Waals surface area contributed by atoms with Crippen LogP contribution in [-0.4, -0.2) is 28.1 Å². The fraction of sp³-hybridized carbons (Fsp3) is 0.625. The first kappa shape index (κ1) is 11.1. The van der Waals surface area contributed by atoms with Crippen molar-refractivity contribution >= 4 is 5.97 Å². The van der Waals surface area contributed by atoms with Crippen molar-refractivity contribution < 1.29 is 19.7 Å². The van der Waals surface area contributed by atoms with Gasteiger partial charge in [-0.25, -0.2) is 4.79 Å². The van der Waals surface area contributed by atoms with Gasteiger partial charge in [-0.3, -0.25) is 0 Å². The van der Waals surface area contributed by atoms with E-state index in [1.165, 1.54) is 6.92 Å². The van der Waals surface area contributed by atoms with Gasteiger partial charge in [0, 0.05) is 12.5 Å². The van der Waals surface area contributed by atoms with E-state index in [0.717, 1.165) is 6.08 Å². The van der Waals surface area contributed by atoms with Crippen molar-refractivity contribution in [2.75, 3.05) is 0 Å². The van der Waals surface area contributed by atoms with Crippen molar-refractivity contribution in [2.24, 2.45) is 0 Å². The number of esters is 1. The summed E-state index contributed by atoms with van der Waals surface area (Å²) in [6.45, 7) is 6.12. The third-order valence-electron chi connectivity index (χ3n) is 1.60. The normalized spacial score (nSPS) is 17.7. The maximum Gasteiger partial charge on any atom is 0.332 e. The molecule has 2 N–H and O–H groups in total. The molecule has 0 radical (unpaired) electrons. The van der Waals surface area contributed by atoms with Crippen LogP contribution in [0.15, 0.2) is 12.7 Å². The zero-order valence-corrected chi connectivity index (χ0v) is 7.28. The Kier molecular flexibility index (Phi) is 3.92. The number of hydrogen-bond donors (Lipinski definition) is 2. The van der Waals surface area contributed by atoms with E-state index >= 15 is 0 Å². The number of ether oxygens (including phenoxy) is 1. The molecule has 0 fully saturated rings. The lowest BCUT2D eigenvalue weighted by Gasteiger charge is -2.28. The minimum Gasteiger partial charge on any atom is -0.427 e. The van der Waals surface area contributed by atoms with Gasteiger partial charge in [0.1, 0.15) is 6.10 Å². The van der Waals surface area contributed by atoms with Gasteiger partial charge in [0.05, 0.1) is 0 Å². The van der Waals surface area contributed by atoms with Gasteiger partial charge >= 0.3 is 5.97 Å². The second kappa shape index (κ2) is 4.23. The Morgan fingerprint density at radius 3 is 2.58 bits per heavy atom. The van der Waals surface area contributed by atoms with Crippen LogP contribution in [0.5, 0.6) is 0 Å². The van der Waals surface area contributed by atoms with E-state index in [0.29, 0.717) is 0 Å². The Morgan fingerprint density at radius 1 is 1.83 bits per heavy atom. The Bertz CT molecular complexity index is 176. The molecule has 0 aromatic heterocycles. The number of hydrogen-bond acceptors (Lipinski definition) is 4. The third-order valence-corrected chi connectivity index (χ3v) is 1.60. The molecule has 0 spiro atoms. The summed E-state index contributed by atoms with van der Waals surface area (Å²) in [5, 5.41) is 18.5. The summed E-state index contributed by atoms with van der Waals surface area (Å²) in [5.41, 5.74) is 0. The van der Waals surface area contributed by atoms with Crippen LogP contribution in [0.1, 0.15) is 20.3 Å². The Morgan fingerprint density at radius 2 is 2.33 bits per heavy atom. The van der Waals surface area contributed by atoms with Gasteiger partial charge in [-0.1, -0.05) is 13.5 Å². The molecule has 0 bridgehead atoms. The van der Waals surface area contributed by atoms with Gasteiger partial charge in [0.15, 0.2) is 0 Å². The number of aliphatic hydroxyl groups is 2. The lowest BCUT2D eigenvalue weighted by molar-refractivity contribution is -0.241. The fourth-order valence-corrected chi connectivity index (χ4v) is 0.669. The van der Waals surface area contributed by atoms with Gasteiger partial charge < -0.3 is 14.9 Å². The summed E-state index contributed by atoms with van der Waals surface area (Å²) in [4.78, 5) is 10.7. The van der Waals surface area contributed by atoms with E-state index in [1.54, 1.807) is 6.92 Å². The van der Waals surface area contributed by atoms with Crippen molar-refractivity contribution in [3.05, 3.63) is 12.7 Å². The molecule has 2 unspecified atom stereocenters. The largest absolute Gasteiger partial charge is 0.427 e. The molecule has 4 nitrogen and oxygen atoms in total. The monoisotopic (exact) mass is 174 g/mol. The SMILES string of the molecule is C=CC(=O)OC(O)(CC)C(C)O. The van der Waals surface area contributed by atoms with Gasteiger partial charge in [-0.15, -0.1) is 0 Å². The average molecular weight is 174 g/mol. The number of carbonyl (C=O) groups excluding carboxylic acids is 1. The molecule has 12 heavy (non-hydrogen) atoms. The van der Waals surface area contributed by atoms with Crippen LogP contribution in [-0.2, 0) is 9.53 Å². The average Bonchev–Trinajstić information content (AvgIpc) is 2.03. The lowest BCUT2D eigenvalue weighted by Crippen LogP contribution is -2.44. The Hall–Kier alpha value is -0.870. The molecule has 0 saturated heterocycles. The van der Waals surface area contributed by atoms with Crippen LogP contribution in [0, 0.1) is 0 Å². The van der Waals surface area contributed by atoms with Gasteiger partial charge in [-0.2, -0.15) is 0 Å². The van der Waals surface area contributed by atoms with Crippen LogP contribution < -0.4 is 0 Å². The summed E-state index contributed by atoms with van der Waals surface area (Å²) in [6, 6.07) is 0. The van der Waals surface area contributed by atoms with Gasteiger partial charge in [0.25, 0.3) is 0 Å². The summed E-state index contributed by atoms with van der Waals surface area (Å²) in [7, 11) is 0. The van der Waals surface area contributed by atoms with Crippen molar-refractivity contribution in [3.63, 3.8) is 0 Å². The molecule has 0 rings (SSSR count). The number of carbonyl (C=O) groups is 1. The summed E-state index contributed by atoms with van der Waals surface area (Å²) < 4.78 is 4.55. The first-order valence-corrected chi connectivity index (χ1v) is 3.72. The third kappa shape index (κ3) is 2.64. The van der Waals surface area contributed by atoms with Crippen LogP contribution in [0.2, 0.25) is 0 Å². The van der Waals surface area contributed by atoms with Crippen molar-refractivity contribution in [1.29, 1.82) is 0 Å². The highest BCUT2D eigenvalue weighted by atomic mass is 16.7. The summed E-state index contributed by atoms with van der Waals surface area (Å²) in [6.07, 6.45) is -0.0563. The Balaban J connectivity index is 4.33. The molecule has 70 valence electrons. The highest BCUT2D eigenvalue weighted by Gasteiger charge is 2.34. The quantitative estimate of drug-likeness (QED) is 0.363. The van der Waals surface area contributed by atoms with Crippen molar-refractivity contribution in [3.8, 4) is 0 Å². The molecule has 0 aromatic rings. The lowest BCUT2D eigenvalue weighted by atomic mass is 10.1. The minimum atomic E-state index is -1.80. The van der Waals surface area contributed by atoms with Crippen LogP contribution in [0.3, 0.4) is 0 Å². The maximum absolute atomic E-state index is 10.7. The molecular formula is C8H14O4. The molecule has 0 aliphatic rings. The molecule has 0 saturated carbocycles. The standard InChI is InChI=1S/C8H14O4/c1-4-7(10)12-8(11,5-2)6(3)9/h4,6,9,11H,1,5H2,2-3H3. The molecule has 0 amide bonds. The van der Waals surface area contributed by atoms with Crippen molar-refractivity contribution in [1.82, 2.24) is 0 Å². The predicted molar refractivity (Wildman–Crippen MR) is 43.2 cm³/mol. The zero-order chi connectivity index (χ0) is 9.78. The van der Waals surface area contributed by atoms with E-state index < -0.39 is 17.9 Å². The summed E-state index contributed by atoms with van der Waals surface area (Å²) >= 11 is 0. The van der Waals surface area contributed by atoms with Crippen molar-refractivity contribution in [2.45, 2.75) is 32.2 Å². The first-order valence-electron chi connectivity index (χ1n) is 3.72. The first-order chi connectivity index (χ1) is 5.46. The molecule has 0 heterocycles. The molecular weight excluding hydrogens is 160 g/mol.